The summed E-state index contributed by atoms with van der Waals surface area (Å²) in [6.07, 6.45) is 8.14. The second-order valence-corrected chi connectivity index (χ2v) is 6.93. The van der Waals surface area contributed by atoms with E-state index in [1.165, 1.54) is 64.7 Å². The van der Waals surface area contributed by atoms with Gasteiger partial charge in [-0.25, -0.2) is 0 Å². The molecule has 18 heavy (non-hydrogen) atoms. The molecule has 4 fully saturated rings. The van der Waals surface area contributed by atoms with Gasteiger partial charge in [0.2, 0.25) is 0 Å². The Labute approximate surface area is 110 Å². The van der Waals surface area contributed by atoms with E-state index in [2.05, 4.69) is 9.80 Å². The number of fused-ring (bicyclic) bond motifs is 6. The highest BCUT2D eigenvalue weighted by Gasteiger charge is 2.51. The molecule has 0 aromatic carbocycles. The topological polar surface area (TPSA) is 26.7 Å². The predicted molar refractivity (Wildman–Crippen MR) is 71.4 cm³/mol. The van der Waals surface area contributed by atoms with Crippen LogP contribution in [0.4, 0.5) is 0 Å². The Bertz CT molecular complexity index is 292. The molecule has 4 aliphatic rings. The molecule has 1 unspecified atom stereocenters. The van der Waals surface area contributed by atoms with E-state index in [1.807, 2.05) is 0 Å². The van der Waals surface area contributed by atoms with Gasteiger partial charge < -0.3 is 5.11 Å². The molecular weight excluding hydrogens is 224 g/mol. The number of nitrogens with zero attached hydrogens (tertiary/aromatic N) is 2. The SMILES string of the molecule is OC1[C@H]2CN3CCCC[C@H]3[C@@H]1CN1CCCC[C@H]21. The van der Waals surface area contributed by atoms with Crippen LogP contribution in [-0.2, 0) is 0 Å². The van der Waals surface area contributed by atoms with Gasteiger partial charge in [-0.15, -0.1) is 0 Å². The minimum absolute atomic E-state index is 0.0105. The quantitative estimate of drug-likeness (QED) is 0.702. The summed E-state index contributed by atoms with van der Waals surface area (Å²) >= 11 is 0. The summed E-state index contributed by atoms with van der Waals surface area (Å²) in [5.74, 6) is 1.08. The smallest absolute Gasteiger partial charge is 0.0650 e. The van der Waals surface area contributed by atoms with Crippen LogP contribution in [0.3, 0.4) is 0 Å². The molecule has 3 nitrogen and oxygen atoms in total. The molecule has 3 heteroatoms. The van der Waals surface area contributed by atoms with Gasteiger partial charge >= 0.3 is 0 Å². The fraction of sp³-hybridized carbons (Fsp3) is 1.00. The molecule has 0 aliphatic carbocycles. The lowest BCUT2D eigenvalue weighted by Gasteiger charge is -2.59. The maximum absolute atomic E-state index is 10.7. The fourth-order valence-corrected chi connectivity index (χ4v) is 5.23. The predicted octanol–water partition coefficient (Wildman–Crippen LogP) is 1.32. The lowest BCUT2D eigenvalue weighted by molar-refractivity contribution is -0.147. The first-order valence-electron chi connectivity index (χ1n) is 8.01. The molecule has 2 bridgehead atoms. The van der Waals surface area contributed by atoms with E-state index in [9.17, 15) is 5.11 Å². The van der Waals surface area contributed by atoms with E-state index in [4.69, 9.17) is 0 Å². The summed E-state index contributed by atoms with van der Waals surface area (Å²) in [5, 5.41) is 10.7. The lowest BCUT2D eigenvalue weighted by Crippen LogP contribution is -2.69. The summed E-state index contributed by atoms with van der Waals surface area (Å²) in [4.78, 5) is 5.44. The Kier molecular flexibility index (Phi) is 2.90. The number of aliphatic hydroxyl groups excluding tert-OH is 1. The first kappa shape index (κ1) is 11.7. The molecule has 5 atom stereocenters. The molecule has 1 N–H and O–H groups in total. The van der Waals surface area contributed by atoms with Crippen molar-refractivity contribution in [3.05, 3.63) is 0 Å². The normalized spacial score (nSPS) is 49.5. The van der Waals surface area contributed by atoms with Crippen molar-refractivity contribution < 1.29 is 5.11 Å². The molecule has 0 spiro atoms. The van der Waals surface area contributed by atoms with Gasteiger partial charge in [0.05, 0.1) is 6.10 Å². The van der Waals surface area contributed by atoms with Gasteiger partial charge in [-0.05, 0) is 38.8 Å². The number of hydrogen-bond acceptors (Lipinski definition) is 3. The van der Waals surface area contributed by atoms with Crippen molar-refractivity contribution in [1.29, 1.82) is 0 Å². The number of rotatable bonds is 0. The zero-order valence-electron chi connectivity index (χ0n) is 11.3. The van der Waals surface area contributed by atoms with Crippen LogP contribution >= 0.6 is 0 Å². The molecule has 0 radical (unpaired) electrons. The van der Waals surface area contributed by atoms with Crippen molar-refractivity contribution >= 4 is 0 Å². The van der Waals surface area contributed by atoms with Crippen LogP contribution in [0.5, 0.6) is 0 Å². The van der Waals surface area contributed by atoms with E-state index in [0.717, 1.165) is 0 Å². The van der Waals surface area contributed by atoms with Gasteiger partial charge in [0, 0.05) is 37.0 Å². The van der Waals surface area contributed by atoms with Crippen molar-refractivity contribution in [3.63, 3.8) is 0 Å². The van der Waals surface area contributed by atoms with Crippen LogP contribution in [-0.4, -0.2) is 59.3 Å². The minimum Gasteiger partial charge on any atom is -0.392 e. The molecule has 4 heterocycles. The summed E-state index contributed by atoms with van der Waals surface area (Å²) < 4.78 is 0. The Balaban J connectivity index is 1.61. The summed E-state index contributed by atoms with van der Waals surface area (Å²) in [6.45, 7) is 4.92. The van der Waals surface area contributed by atoms with Gasteiger partial charge in [0.1, 0.15) is 0 Å². The van der Waals surface area contributed by atoms with E-state index >= 15 is 0 Å². The third kappa shape index (κ3) is 1.67. The van der Waals surface area contributed by atoms with Crippen LogP contribution in [0.2, 0.25) is 0 Å². The Hall–Kier alpha value is -0.120. The van der Waals surface area contributed by atoms with Crippen LogP contribution in [0.15, 0.2) is 0 Å². The maximum atomic E-state index is 10.7. The van der Waals surface area contributed by atoms with Gasteiger partial charge in [-0.1, -0.05) is 12.8 Å². The average Bonchev–Trinajstić information content (AvgIpc) is 2.40. The molecule has 0 amide bonds. The highest BCUT2D eigenvalue weighted by molar-refractivity contribution is 5.05. The minimum atomic E-state index is -0.0105. The van der Waals surface area contributed by atoms with Crippen molar-refractivity contribution in [3.8, 4) is 0 Å². The van der Waals surface area contributed by atoms with E-state index in [1.54, 1.807) is 0 Å². The largest absolute Gasteiger partial charge is 0.392 e. The molecule has 4 rings (SSSR count). The number of aliphatic hydroxyl groups is 1. The first-order chi connectivity index (χ1) is 8.84. The van der Waals surface area contributed by atoms with Crippen molar-refractivity contribution in [1.82, 2.24) is 9.80 Å². The number of piperidine rings is 4. The third-order valence-electron chi connectivity index (χ3n) is 6.08. The van der Waals surface area contributed by atoms with E-state index in [0.29, 0.717) is 23.9 Å². The molecule has 4 aliphatic heterocycles. The monoisotopic (exact) mass is 250 g/mol. The second kappa shape index (κ2) is 4.46. The van der Waals surface area contributed by atoms with E-state index < -0.39 is 0 Å². The van der Waals surface area contributed by atoms with Gasteiger partial charge in [0.15, 0.2) is 0 Å². The van der Waals surface area contributed by atoms with Crippen LogP contribution < -0.4 is 0 Å². The van der Waals surface area contributed by atoms with Crippen LogP contribution in [0.25, 0.3) is 0 Å². The highest BCUT2D eigenvalue weighted by atomic mass is 16.3. The zero-order valence-corrected chi connectivity index (χ0v) is 11.3. The Morgan fingerprint density at radius 2 is 1.22 bits per heavy atom. The second-order valence-electron chi connectivity index (χ2n) is 6.93. The highest BCUT2D eigenvalue weighted by Crippen LogP contribution is 2.42. The molecule has 4 saturated heterocycles. The standard InChI is InChI=1S/C15H26N2O/c18-15-11-9-17-8-4-2-6-14(17)12(15)10-16-7-3-1-5-13(11)16/h11-15,18H,1-10H2/t11-,12-,13-,14+,15?/m0/s1. The summed E-state index contributed by atoms with van der Waals surface area (Å²) in [6, 6.07) is 1.38. The van der Waals surface area contributed by atoms with Gasteiger partial charge in [-0.3, -0.25) is 9.80 Å². The van der Waals surface area contributed by atoms with Gasteiger partial charge in [0.25, 0.3) is 0 Å². The Morgan fingerprint density at radius 3 is 1.72 bits per heavy atom. The Morgan fingerprint density at radius 1 is 0.722 bits per heavy atom. The van der Waals surface area contributed by atoms with Gasteiger partial charge in [-0.2, -0.15) is 0 Å². The third-order valence-corrected chi connectivity index (χ3v) is 6.08. The number of hydrogen-bond donors (Lipinski definition) is 1. The maximum Gasteiger partial charge on any atom is 0.0650 e. The molecule has 0 aromatic heterocycles. The zero-order chi connectivity index (χ0) is 12.1. The van der Waals surface area contributed by atoms with Crippen LogP contribution in [0.1, 0.15) is 38.5 Å². The van der Waals surface area contributed by atoms with E-state index in [-0.39, 0.29) is 6.10 Å². The lowest BCUT2D eigenvalue weighted by atomic mass is 9.69. The molecule has 0 aromatic rings. The molecule has 0 saturated carbocycles. The average molecular weight is 250 g/mol. The molecular formula is C15H26N2O. The first-order valence-corrected chi connectivity index (χ1v) is 8.01. The molecule has 102 valence electrons. The fourth-order valence-electron chi connectivity index (χ4n) is 5.23. The van der Waals surface area contributed by atoms with Crippen molar-refractivity contribution in [2.24, 2.45) is 11.8 Å². The summed E-state index contributed by atoms with van der Waals surface area (Å²) in [5.41, 5.74) is 0. The summed E-state index contributed by atoms with van der Waals surface area (Å²) in [7, 11) is 0. The van der Waals surface area contributed by atoms with Crippen molar-refractivity contribution in [2.75, 3.05) is 26.2 Å². The van der Waals surface area contributed by atoms with Crippen LogP contribution in [0, 0.1) is 11.8 Å². The van der Waals surface area contributed by atoms with Crippen molar-refractivity contribution in [2.45, 2.75) is 56.7 Å².